The van der Waals surface area contributed by atoms with Crippen LogP contribution in [-0.2, 0) is 6.54 Å². The fourth-order valence-corrected chi connectivity index (χ4v) is 3.31. The summed E-state index contributed by atoms with van der Waals surface area (Å²) < 4.78 is 31.2. The predicted octanol–water partition coefficient (Wildman–Crippen LogP) is 5.33. The monoisotopic (exact) mass is 447 g/mol. The first-order valence-corrected chi connectivity index (χ1v) is 10.2. The first kappa shape index (κ1) is 22.0. The molecule has 4 rings (SSSR count). The third-order valence-corrected chi connectivity index (χ3v) is 5.04. The molecule has 2 heterocycles. The van der Waals surface area contributed by atoms with E-state index in [2.05, 4.69) is 15.3 Å². The number of aryl methyl sites for hydroxylation is 1. The molecule has 168 valence electrons. The second-order valence-corrected chi connectivity index (χ2v) is 7.28. The summed E-state index contributed by atoms with van der Waals surface area (Å²) in [4.78, 5) is 21.8. The number of carbonyl (C=O) groups excluding carboxylic acids is 1. The minimum Gasteiger partial charge on any atom is -0.493 e. The van der Waals surface area contributed by atoms with Crippen LogP contribution in [0.5, 0.6) is 11.5 Å². The van der Waals surface area contributed by atoms with Crippen LogP contribution in [0.4, 0.5) is 10.2 Å². The molecule has 2 aromatic carbocycles. The highest BCUT2D eigenvalue weighted by Gasteiger charge is 2.23. The highest BCUT2D eigenvalue weighted by atomic mass is 19.1. The lowest BCUT2D eigenvalue weighted by Crippen LogP contribution is -2.16. The number of halogens is 1. The third kappa shape index (κ3) is 4.69. The number of aromatic nitrogens is 2. The van der Waals surface area contributed by atoms with Gasteiger partial charge in [-0.25, -0.2) is 19.2 Å². The Kier molecular flexibility index (Phi) is 6.35. The zero-order valence-electron chi connectivity index (χ0n) is 18.4. The van der Waals surface area contributed by atoms with Crippen molar-refractivity contribution in [3.05, 3.63) is 89.3 Å². The molecule has 2 aromatic heterocycles. The van der Waals surface area contributed by atoms with E-state index in [9.17, 15) is 4.79 Å². The van der Waals surface area contributed by atoms with Gasteiger partial charge in [0.2, 0.25) is 0 Å². The maximum Gasteiger partial charge on any atom is 0.362 e. The third-order valence-electron chi connectivity index (χ3n) is 5.04. The summed E-state index contributed by atoms with van der Waals surface area (Å²) >= 11 is 0. The lowest BCUT2D eigenvalue weighted by molar-refractivity contribution is 0.0727. The Labute approximate surface area is 190 Å². The van der Waals surface area contributed by atoms with Crippen molar-refractivity contribution in [1.82, 2.24) is 9.97 Å². The molecule has 0 saturated heterocycles. The number of carbonyl (C=O) groups is 1. The molecule has 0 saturated carbocycles. The molecule has 0 aliphatic rings. The Morgan fingerprint density at radius 3 is 2.55 bits per heavy atom. The SMILES string of the molecule is COc1c(C)ccc(-c2nc(NCc3ccco3)c(C)c(C(=O)Oc3ccccc3)n2)c1F. The van der Waals surface area contributed by atoms with Crippen molar-refractivity contribution >= 4 is 11.8 Å². The van der Waals surface area contributed by atoms with Crippen LogP contribution in [0.15, 0.2) is 65.3 Å². The van der Waals surface area contributed by atoms with Crippen molar-refractivity contribution in [3.8, 4) is 22.9 Å². The van der Waals surface area contributed by atoms with E-state index in [1.807, 2.05) is 6.07 Å². The number of nitrogens with zero attached hydrogens (tertiary/aromatic N) is 2. The first-order valence-electron chi connectivity index (χ1n) is 10.2. The van der Waals surface area contributed by atoms with Crippen molar-refractivity contribution in [2.24, 2.45) is 0 Å². The summed E-state index contributed by atoms with van der Waals surface area (Å²) in [5.41, 5.74) is 1.22. The molecule has 0 aliphatic carbocycles. The van der Waals surface area contributed by atoms with Gasteiger partial charge in [-0.3, -0.25) is 0 Å². The number of benzene rings is 2. The van der Waals surface area contributed by atoms with E-state index >= 15 is 4.39 Å². The highest BCUT2D eigenvalue weighted by Crippen LogP contribution is 2.32. The Hall–Kier alpha value is -4.20. The van der Waals surface area contributed by atoms with Gasteiger partial charge in [0, 0.05) is 5.56 Å². The molecule has 1 N–H and O–H groups in total. The molecule has 0 fully saturated rings. The van der Waals surface area contributed by atoms with Crippen molar-refractivity contribution in [1.29, 1.82) is 0 Å². The van der Waals surface area contributed by atoms with Crippen LogP contribution in [-0.4, -0.2) is 23.0 Å². The lowest BCUT2D eigenvalue weighted by Gasteiger charge is -2.15. The van der Waals surface area contributed by atoms with E-state index in [1.54, 1.807) is 68.6 Å². The number of nitrogens with one attached hydrogen (secondary N) is 1. The quantitative estimate of drug-likeness (QED) is 0.303. The summed E-state index contributed by atoms with van der Waals surface area (Å²) in [5.74, 6) is 0.231. The van der Waals surface area contributed by atoms with Crippen LogP contribution in [0.25, 0.3) is 11.4 Å². The molecule has 0 amide bonds. The molecular weight excluding hydrogens is 425 g/mol. The number of hydrogen-bond acceptors (Lipinski definition) is 7. The summed E-state index contributed by atoms with van der Waals surface area (Å²) in [5, 5.41) is 3.14. The number of methoxy groups -OCH3 is 1. The van der Waals surface area contributed by atoms with E-state index in [0.717, 1.165) is 0 Å². The van der Waals surface area contributed by atoms with E-state index < -0.39 is 11.8 Å². The number of hydrogen-bond donors (Lipinski definition) is 1. The fraction of sp³-hybridized carbons (Fsp3) is 0.160. The van der Waals surface area contributed by atoms with Crippen molar-refractivity contribution in [3.63, 3.8) is 0 Å². The average Bonchev–Trinajstić information content (AvgIpc) is 3.33. The smallest absolute Gasteiger partial charge is 0.362 e. The summed E-state index contributed by atoms with van der Waals surface area (Å²) in [7, 11) is 1.39. The van der Waals surface area contributed by atoms with Gasteiger partial charge in [-0.2, -0.15) is 0 Å². The molecule has 0 bridgehead atoms. The summed E-state index contributed by atoms with van der Waals surface area (Å²) in [6.07, 6.45) is 1.56. The van der Waals surface area contributed by atoms with Crippen LogP contribution in [0, 0.1) is 19.7 Å². The second kappa shape index (κ2) is 9.52. The predicted molar refractivity (Wildman–Crippen MR) is 121 cm³/mol. The molecule has 8 heteroatoms. The minimum absolute atomic E-state index is 0.0183. The number of anilines is 1. The van der Waals surface area contributed by atoms with Crippen LogP contribution < -0.4 is 14.8 Å². The van der Waals surface area contributed by atoms with Crippen LogP contribution in [0.3, 0.4) is 0 Å². The normalized spacial score (nSPS) is 10.7. The highest BCUT2D eigenvalue weighted by molar-refractivity contribution is 5.92. The van der Waals surface area contributed by atoms with Gasteiger partial charge in [-0.15, -0.1) is 0 Å². The largest absolute Gasteiger partial charge is 0.493 e. The van der Waals surface area contributed by atoms with Crippen LogP contribution in [0.1, 0.15) is 27.4 Å². The van der Waals surface area contributed by atoms with E-state index in [1.165, 1.54) is 7.11 Å². The van der Waals surface area contributed by atoms with Crippen LogP contribution >= 0.6 is 0 Å². The molecule has 7 nitrogen and oxygen atoms in total. The lowest BCUT2D eigenvalue weighted by atomic mass is 10.1. The second-order valence-electron chi connectivity index (χ2n) is 7.28. The summed E-state index contributed by atoms with van der Waals surface area (Å²) in [6.45, 7) is 3.75. The standard InChI is InChI=1S/C25H22FN3O4/c1-15-11-12-19(20(26)22(15)31-3)24-28-21(25(30)33-17-8-5-4-6-9-17)16(2)23(29-24)27-14-18-10-7-13-32-18/h4-13H,14H2,1-3H3,(H,27,28,29). The Morgan fingerprint density at radius 2 is 1.85 bits per heavy atom. The number of para-hydroxylation sites is 1. The molecule has 0 radical (unpaired) electrons. The molecule has 0 atom stereocenters. The van der Waals surface area contributed by atoms with Gasteiger partial charge < -0.3 is 19.2 Å². The van der Waals surface area contributed by atoms with Gasteiger partial charge in [0.05, 0.1) is 25.5 Å². The molecular formula is C25H22FN3O4. The molecule has 4 aromatic rings. The maximum atomic E-state index is 15.2. The van der Waals surface area contributed by atoms with Gasteiger partial charge in [0.1, 0.15) is 17.3 Å². The van der Waals surface area contributed by atoms with Gasteiger partial charge in [-0.05, 0) is 49.7 Å². The van der Waals surface area contributed by atoms with Gasteiger partial charge in [0.25, 0.3) is 0 Å². The van der Waals surface area contributed by atoms with Gasteiger partial charge in [0.15, 0.2) is 23.1 Å². The average molecular weight is 447 g/mol. The molecule has 33 heavy (non-hydrogen) atoms. The van der Waals surface area contributed by atoms with Crippen LogP contribution in [0.2, 0.25) is 0 Å². The summed E-state index contributed by atoms with van der Waals surface area (Å²) in [6, 6.07) is 15.5. The van der Waals surface area contributed by atoms with E-state index in [-0.39, 0.29) is 22.8 Å². The number of esters is 1. The first-order chi connectivity index (χ1) is 16.0. The Bertz CT molecular complexity index is 1270. The van der Waals surface area contributed by atoms with Crippen molar-refractivity contribution in [2.45, 2.75) is 20.4 Å². The Morgan fingerprint density at radius 1 is 1.06 bits per heavy atom. The zero-order valence-corrected chi connectivity index (χ0v) is 18.4. The Balaban J connectivity index is 1.78. The van der Waals surface area contributed by atoms with E-state index in [4.69, 9.17) is 13.9 Å². The molecule has 0 spiro atoms. The molecule has 0 unspecified atom stereocenters. The minimum atomic E-state index is -0.678. The topological polar surface area (TPSA) is 86.5 Å². The van der Waals surface area contributed by atoms with Gasteiger partial charge in [-0.1, -0.05) is 24.3 Å². The van der Waals surface area contributed by atoms with Crippen molar-refractivity contribution < 1.29 is 23.1 Å². The maximum absolute atomic E-state index is 15.2. The van der Waals surface area contributed by atoms with Gasteiger partial charge >= 0.3 is 5.97 Å². The molecule has 0 aliphatic heterocycles. The number of furan rings is 1. The fourth-order valence-electron chi connectivity index (χ4n) is 3.31. The number of rotatable bonds is 7. The van der Waals surface area contributed by atoms with E-state index in [0.29, 0.717) is 35.0 Å². The zero-order chi connectivity index (χ0) is 23.4. The van der Waals surface area contributed by atoms with Crippen molar-refractivity contribution in [2.75, 3.05) is 12.4 Å². The number of ether oxygens (including phenoxy) is 2.